The fraction of sp³-hybridized carbons (Fsp3) is 0.833. The van der Waals surface area contributed by atoms with Crippen LogP contribution in [0, 0.1) is 0 Å². The molecule has 0 radical (unpaired) electrons. The molecule has 0 aromatic carbocycles. The highest BCUT2D eigenvalue weighted by molar-refractivity contribution is 5.09. The molecule has 96 valence electrons. The van der Waals surface area contributed by atoms with Gasteiger partial charge in [-0.25, -0.2) is 4.68 Å². The van der Waals surface area contributed by atoms with Crippen molar-refractivity contribution < 1.29 is 5.11 Å². The summed E-state index contributed by atoms with van der Waals surface area (Å²) in [5.74, 6) is 0. The minimum Gasteiger partial charge on any atom is -0.383 e. The largest absolute Gasteiger partial charge is 0.383 e. The first-order chi connectivity index (χ1) is 8.15. The van der Waals surface area contributed by atoms with E-state index in [1.54, 1.807) is 6.20 Å². The van der Waals surface area contributed by atoms with Crippen LogP contribution in [0.5, 0.6) is 0 Å². The third-order valence-corrected chi connectivity index (χ3v) is 3.57. The average molecular weight is 238 g/mol. The summed E-state index contributed by atoms with van der Waals surface area (Å²) in [4.78, 5) is 2.27. The molecule has 0 spiro atoms. The monoisotopic (exact) mass is 238 g/mol. The van der Waals surface area contributed by atoms with E-state index in [0.29, 0.717) is 0 Å². The van der Waals surface area contributed by atoms with Gasteiger partial charge in [-0.1, -0.05) is 12.1 Å². The molecule has 1 saturated heterocycles. The van der Waals surface area contributed by atoms with Crippen LogP contribution in [0.15, 0.2) is 6.20 Å². The Morgan fingerprint density at radius 2 is 2.24 bits per heavy atom. The summed E-state index contributed by atoms with van der Waals surface area (Å²) < 4.78 is 1.85. The summed E-state index contributed by atoms with van der Waals surface area (Å²) in [7, 11) is 2.10. The Morgan fingerprint density at radius 3 is 3.00 bits per heavy atom. The Labute approximate surface area is 102 Å². The fourth-order valence-electron chi connectivity index (χ4n) is 2.51. The number of aliphatic hydroxyl groups is 1. The molecule has 2 rings (SSSR count). The third kappa shape index (κ3) is 2.66. The number of nitrogens with zero attached hydrogens (tertiary/aromatic N) is 4. The number of hydrogen-bond acceptors (Lipinski definition) is 4. The summed E-state index contributed by atoms with van der Waals surface area (Å²) >= 11 is 0. The maximum absolute atomic E-state index is 10.8. The molecule has 2 heterocycles. The molecule has 1 aliphatic heterocycles. The van der Waals surface area contributed by atoms with Crippen molar-refractivity contribution in [2.24, 2.45) is 0 Å². The quantitative estimate of drug-likeness (QED) is 0.853. The lowest BCUT2D eigenvalue weighted by Gasteiger charge is -2.26. The van der Waals surface area contributed by atoms with Gasteiger partial charge in [0.25, 0.3) is 0 Å². The van der Waals surface area contributed by atoms with Crippen molar-refractivity contribution in [3.63, 3.8) is 0 Å². The molecule has 5 nitrogen and oxygen atoms in total. The van der Waals surface area contributed by atoms with Crippen molar-refractivity contribution in [2.45, 2.75) is 44.8 Å². The predicted octanol–water partition coefficient (Wildman–Crippen LogP) is 0.991. The van der Waals surface area contributed by atoms with Crippen molar-refractivity contribution in [3.05, 3.63) is 11.9 Å². The van der Waals surface area contributed by atoms with Crippen molar-refractivity contribution >= 4 is 0 Å². The van der Waals surface area contributed by atoms with Gasteiger partial charge in [0.15, 0.2) is 0 Å². The van der Waals surface area contributed by atoms with E-state index in [1.807, 2.05) is 4.68 Å². The highest BCUT2D eigenvalue weighted by atomic mass is 16.3. The van der Waals surface area contributed by atoms with Crippen LogP contribution in [0.1, 0.15) is 38.3 Å². The topological polar surface area (TPSA) is 54.2 Å². The molecule has 0 saturated carbocycles. The zero-order chi connectivity index (χ0) is 12.3. The SMILES string of the molecule is CCCn1nncc1C1(O)CCCN(C)CC1. The molecule has 0 bridgehead atoms. The van der Waals surface area contributed by atoms with Crippen molar-refractivity contribution in [3.8, 4) is 0 Å². The van der Waals surface area contributed by atoms with E-state index in [9.17, 15) is 5.11 Å². The van der Waals surface area contributed by atoms with Gasteiger partial charge in [0, 0.05) is 13.1 Å². The molecule has 1 atom stereocenters. The number of aromatic nitrogens is 3. The minimum absolute atomic E-state index is 0.747. The zero-order valence-electron chi connectivity index (χ0n) is 10.8. The molecule has 17 heavy (non-hydrogen) atoms. The number of hydrogen-bond donors (Lipinski definition) is 1. The Hall–Kier alpha value is -0.940. The molecular formula is C12H22N4O. The van der Waals surface area contributed by atoms with Gasteiger partial charge < -0.3 is 10.0 Å². The number of aryl methyl sites for hydroxylation is 1. The third-order valence-electron chi connectivity index (χ3n) is 3.57. The maximum atomic E-state index is 10.8. The second-order valence-electron chi connectivity index (χ2n) is 5.03. The van der Waals surface area contributed by atoms with Gasteiger partial charge in [0.05, 0.1) is 11.9 Å². The van der Waals surface area contributed by atoms with E-state index in [1.165, 1.54) is 0 Å². The van der Waals surface area contributed by atoms with E-state index < -0.39 is 5.60 Å². The van der Waals surface area contributed by atoms with Gasteiger partial charge in [0.1, 0.15) is 5.60 Å². The summed E-state index contributed by atoms with van der Waals surface area (Å²) in [5.41, 5.74) is 0.137. The number of likely N-dealkylation sites (tertiary alicyclic amines) is 1. The van der Waals surface area contributed by atoms with E-state index >= 15 is 0 Å². The molecule has 0 aliphatic carbocycles. The van der Waals surface area contributed by atoms with Crippen LogP contribution in [-0.2, 0) is 12.1 Å². The Kier molecular flexibility index (Phi) is 3.79. The number of rotatable bonds is 3. The van der Waals surface area contributed by atoms with Crippen molar-refractivity contribution in [2.75, 3.05) is 20.1 Å². The van der Waals surface area contributed by atoms with Gasteiger partial charge in [-0.3, -0.25) is 0 Å². The van der Waals surface area contributed by atoms with Gasteiger partial charge >= 0.3 is 0 Å². The lowest BCUT2D eigenvalue weighted by atomic mass is 9.91. The molecule has 1 aromatic rings. The molecule has 1 unspecified atom stereocenters. The lowest BCUT2D eigenvalue weighted by molar-refractivity contribution is 0.0129. The Bertz CT molecular complexity index is 365. The normalized spacial score (nSPS) is 27.0. The van der Waals surface area contributed by atoms with Crippen LogP contribution < -0.4 is 0 Å². The lowest BCUT2D eigenvalue weighted by Crippen LogP contribution is -2.30. The first-order valence-corrected chi connectivity index (χ1v) is 6.45. The fourth-order valence-corrected chi connectivity index (χ4v) is 2.51. The smallest absolute Gasteiger partial charge is 0.109 e. The van der Waals surface area contributed by atoms with Crippen LogP contribution in [0.3, 0.4) is 0 Å². The summed E-state index contributed by atoms with van der Waals surface area (Å²) in [5, 5.41) is 18.8. The summed E-state index contributed by atoms with van der Waals surface area (Å²) in [6.07, 6.45) is 5.31. The molecular weight excluding hydrogens is 216 g/mol. The predicted molar refractivity (Wildman–Crippen MR) is 65.6 cm³/mol. The Balaban J connectivity index is 2.20. The molecule has 1 fully saturated rings. The average Bonchev–Trinajstić information content (AvgIpc) is 2.69. The van der Waals surface area contributed by atoms with Gasteiger partial charge in [-0.2, -0.15) is 0 Å². The first kappa shape index (κ1) is 12.5. The van der Waals surface area contributed by atoms with E-state index in [2.05, 4.69) is 29.2 Å². The molecule has 1 aliphatic rings. The summed E-state index contributed by atoms with van der Waals surface area (Å²) in [6.45, 7) is 4.91. The van der Waals surface area contributed by atoms with Crippen LogP contribution in [0.25, 0.3) is 0 Å². The van der Waals surface area contributed by atoms with Crippen molar-refractivity contribution in [1.82, 2.24) is 19.9 Å². The molecule has 1 N–H and O–H groups in total. The standard InChI is InChI=1S/C12H22N4O/c1-3-7-16-11(10-13-14-16)12(17)5-4-8-15(2)9-6-12/h10,17H,3-9H2,1-2H3. The molecule has 5 heteroatoms. The van der Waals surface area contributed by atoms with Gasteiger partial charge in [-0.15, -0.1) is 5.10 Å². The van der Waals surface area contributed by atoms with Crippen LogP contribution in [-0.4, -0.2) is 45.1 Å². The van der Waals surface area contributed by atoms with Crippen LogP contribution in [0.4, 0.5) is 0 Å². The van der Waals surface area contributed by atoms with E-state index in [4.69, 9.17) is 0 Å². The van der Waals surface area contributed by atoms with Crippen LogP contribution >= 0.6 is 0 Å². The first-order valence-electron chi connectivity index (χ1n) is 6.45. The van der Waals surface area contributed by atoms with Crippen LogP contribution in [0.2, 0.25) is 0 Å². The zero-order valence-corrected chi connectivity index (χ0v) is 10.8. The van der Waals surface area contributed by atoms with E-state index in [0.717, 1.165) is 51.0 Å². The second-order valence-corrected chi connectivity index (χ2v) is 5.03. The highest BCUT2D eigenvalue weighted by Crippen LogP contribution is 2.31. The molecule has 1 aromatic heterocycles. The second kappa shape index (κ2) is 5.14. The summed E-state index contributed by atoms with van der Waals surface area (Å²) in [6, 6.07) is 0. The molecule has 0 amide bonds. The van der Waals surface area contributed by atoms with Gasteiger partial charge in [0.2, 0.25) is 0 Å². The highest BCUT2D eigenvalue weighted by Gasteiger charge is 2.34. The van der Waals surface area contributed by atoms with Gasteiger partial charge in [-0.05, 0) is 39.3 Å². The minimum atomic E-state index is -0.747. The van der Waals surface area contributed by atoms with Crippen molar-refractivity contribution in [1.29, 1.82) is 0 Å². The Morgan fingerprint density at radius 1 is 1.41 bits per heavy atom. The maximum Gasteiger partial charge on any atom is 0.109 e. The van der Waals surface area contributed by atoms with E-state index in [-0.39, 0.29) is 0 Å².